The van der Waals surface area contributed by atoms with E-state index in [4.69, 9.17) is 11.9 Å². The van der Waals surface area contributed by atoms with Crippen molar-refractivity contribution in [1.29, 1.82) is 0 Å². The quantitative estimate of drug-likeness (QED) is 0.156. The highest BCUT2D eigenvalue weighted by atomic mass is 16.5. The van der Waals surface area contributed by atoms with E-state index in [9.17, 15) is 2.74 Å². The number of anilines is 3. The van der Waals surface area contributed by atoms with Crippen LogP contribution in [0.4, 0.5) is 17.1 Å². The molecule has 0 radical (unpaired) electrons. The molecule has 0 amide bonds. The molecule has 12 aromatic carbocycles. The second kappa shape index (κ2) is 20.6. The highest BCUT2D eigenvalue weighted by Gasteiger charge is 2.45. The first-order valence-electron chi connectivity index (χ1n) is 35.1. The Balaban J connectivity index is 1.07. The first kappa shape index (κ1) is 53.2. The van der Waals surface area contributed by atoms with Crippen LogP contribution in [0.2, 0.25) is 0 Å². The predicted molar refractivity (Wildman–Crippen MR) is 399 cm³/mol. The summed E-state index contributed by atoms with van der Waals surface area (Å²) >= 11 is 0. The van der Waals surface area contributed by atoms with Crippen molar-refractivity contribution >= 4 is 106 Å². The fourth-order valence-corrected chi connectivity index (χ4v) is 15.1. The molecule has 0 spiro atoms. The lowest BCUT2D eigenvalue weighted by Gasteiger charge is -2.42. The topological polar surface area (TPSA) is 35.5 Å². The molecule has 0 saturated heterocycles. The molecule has 0 atom stereocenters. The summed E-state index contributed by atoms with van der Waals surface area (Å²) in [5.74, 6) is 1.09. The molecule has 0 bridgehead atoms. The van der Waals surface area contributed by atoms with E-state index < -0.39 is 6.71 Å². The largest absolute Gasteiger partial charge is 0.454 e. The standard InChI is InChI=1S/C88H76BN3O2/c1-85(2,3)56-35-41-72-66(45-56)67-46-57(86(4,5)6)36-42-73(67)90(72)60-49-78-81-80(50-60)94-84-70(40-39-64-63-31-22-23-34-79(63)93-83(64)84)89(81)71-51-65(55-29-20-15-21-30-55)76(91-74-43-37-58(87(7,8)9)47-68(74)69-48-59(88(10,11)12)38-44-75(69)91)52-77(71)92(78)82-61(53-25-16-13-17-26-53)32-24-33-62(82)54-27-18-14-19-28-54/h13-52H,1-12H3/i22D,23D,31D,34D. The summed E-state index contributed by atoms with van der Waals surface area (Å²) in [7, 11) is 0. The molecule has 17 rings (SSSR count). The molecule has 0 N–H and O–H groups in total. The van der Waals surface area contributed by atoms with Crippen LogP contribution in [0.25, 0.3) is 110 Å². The fourth-order valence-electron chi connectivity index (χ4n) is 15.1. The van der Waals surface area contributed by atoms with Gasteiger partial charge in [-0.05, 0) is 144 Å². The highest BCUT2D eigenvalue weighted by Crippen LogP contribution is 2.53. The Kier molecular flexibility index (Phi) is 11.7. The van der Waals surface area contributed by atoms with Gasteiger partial charge in [-0.2, -0.15) is 0 Å². The van der Waals surface area contributed by atoms with Crippen LogP contribution < -0.4 is 26.0 Å². The van der Waals surface area contributed by atoms with Gasteiger partial charge in [-0.3, -0.25) is 0 Å². The average molecular weight is 1220 g/mol. The Bertz CT molecular complexity index is 5680. The van der Waals surface area contributed by atoms with Crippen LogP contribution in [-0.4, -0.2) is 15.8 Å². The first-order chi connectivity index (χ1) is 46.8. The van der Waals surface area contributed by atoms with Crippen molar-refractivity contribution in [2.24, 2.45) is 0 Å². The second-order valence-electron chi connectivity index (χ2n) is 30.2. The summed E-state index contributed by atoms with van der Waals surface area (Å²) in [5.41, 5.74) is 23.3. The molecular weight excluding hydrogens is 1140 g/mol. The lowest BCUT2D eigenvalue weighted by molar-refractivity contribution is 0.481. The van der Waals surface area contributed by atoms with Crippen molar-refractivity contribution in [2.45, 2.75) is 105 Å². The summed E-state index contributed by atoms with van der Waals surface area (Å²) < 4.78 is 55.9. The van der Waals surface area contributed by atoms with E-state index in [1.807, 2.05) is 6.07 Å². The number of nitrogens with zero attached hydrogens (tertiary/aromatic N) is 3. The van der Waals surface area contributed by atoms with Gasteiger partial charge in [-0.15, -0.1) is 0 Å². The zero-order chi connectivity index (χ0) is 68.0. The smallest absolute Gasteiger partial charge is 0.256 e. The fraction of sp³-hybridized carbons (Fsp3) is 0.182. The van der Waals surface area contributed by atoms with Gasteiger partial charge in [0.2, 0.25) is 0 Å². The van der Waals surface area contributed by atoms with Gasteiger partial charge in [0, 0.05) is 66.4 Å². The van der Waals surface area contributed by atoms with Crippen molar-refractivity contribution in [2.75, 3.05) is 4.90 Å². The highest BCUT2D eigenvalue weighted by molar-refractivity contribution is 6.99. The Labute approximate surface area is 557 Å². The van der Waals surface area contributed by atoms with Gasteiger partial charge < -0.3 is 23.2 Å². The molecule has 3 aromatic heterocycles. The SMILES string of the molecule is [2H]c1c([2H])c([2H])c2c(oc3c4c(ccc32)B2c3cc(-c5ccccc5)c(-n5c6ccc(C(C)(C)C)cc6c6cc(C(C)(C)C)ccc65)cc3N(c3c(-c5ccccc5)cccc3-c3ccccc3)c3cc(-n5c6ccc(C(C)(C)C)cc6c6cc(C(C)(C)C)ccc65)cc(c32)O4)c1[2H]. The molecule has 0 saturated carbocycles. The molecule has 6 heteroatoms. The van der Waals surface area contributed by atoms with E-state index in [2.05, 4.69) is 309 Å². The molecule has 458 valence electrons. The maximum absolute atomic E-state index is 9.35. The monoisotopic (exact) mass is 1220 g/mol. The molecule has 0 fully saturated rings. The van der Waals surface area contributed by atoms with Crippen LogP contribution in [0.3, 0.4) is 0 Å². The minimum absolute atomic E-state index is 0.0883. The second-order valence-corrected chi connectivity index (χ2v) is 30.2. The molecule has 0 unspecified atom stereocenters. The van der Waals surface area contributed by atoms with Gasteiger partial charge in [0.15, 0.2) is 11.3 Å². The summed E-state index contributed by atoms with van der Waals surface area (Å²) in [6.07, 6.45) is 0. The number of rotatable bonds is 6. The van der Waals surface area contributed by atoms with Crippen molar-refractivity contribution in [1.82, 2.24) is 9.13 Å². The third-order valence-corrected chi connectivity index (χ3v) is 20.1. The van der Waals surface area contributed by atoms with Gasteiger partial charge in [-0.1, -0.05) is 253 Å². The van der Waals surface area contributed by atoms with Crippen LogP contribution in [0, 0.1) is 0 Å². The van der Waals surface area contributed by atoms with Gasteiger partial charge in [-0.25, -0.2) is 0 Å². The number of fused-ring (bicyclic) bond motifs is 14. The maximum atomic E-state index is 9.35. The van der Waals surface area contributed by atoms with Gasteiger partial charge in [0.25, 0.3) is 6.71 Å². The van der Waals surface area contributed by atoms with E-state index in [0.717, 1.165) is 111 Å². The Hall–Kier alpha value is -10.3. The van der Waals surface area contributed by atoms with Gasteiger partial charge in [0.05, 0.1) is 44.6 Å². The van der Waals surface area contributed by atoms with E-state index in [0.29, 0.717) is 27.9 Å². The summed E-state index contributed by atoms with van der Waals surface area (Å²) in [6, 6.07) is 79.9. The maximum Gasteiger partial charge on any atom is 0.256 e. The van der Waals surface area contributed by atoms with E-state index in [-0.39, 0.29) is 51.4 Å². The summed E-state index contributed by atoms with van der Waals surface area (Å²) in [5, 5.41) is 5.58. The lowest BCUT2D eigenvalue weighted by atomic mass is 9.34. The molecule has 0 aliphatic carbocycles. The average Bonchev–Trinajstić information content (AvgIpc) is 1.06. The summed E-state index contributed by atoms with van der Waals surface area (Å²) in [6.45, 7) is 27.0. The van der Waals surface area contributed by atoms with Crippen molar-refractivity contribution in [3.63, 3.8) is 0 Å². The normalized spacial score (nSPS) is 14.0. The van der Waals surface area contributed by atoms with Gasteiger partial charge in [0.1, 0.15) is 11.3 Å². The Morgan fingerprint density at radius 3 is 1.33 bits per heavy atom. The number of benzene rings is 12. The number of aromatic nitrogens is 2. The third kappa shape index (κ3) is 8.96. The third-order valence-electron chi connectivity index (χ3n) is 20.1. The van der Waals surface area contributed by atoms with Crippen LogP contribution in [0.1, 0.15) is 111 Å². The lowest BCUT2D eigenvalue weighted by Crippen LogP contribution is -2.59. The van der Waals surface area contributed by atoms with Crippen LogP contribution in [-0.2, 0) is 21.7 Å². The molecule has 2 aliphatic heterocycles. The number of para-hydroxylation sites is 2. The number of hydrogen-bond donors (Lipinski definition) is 0. The van der Waals surface area contributed by atoms with E-state index >= 15 is 0 Å². The molecule has 5 nitrogen and oxygen atoms in total. The number of ether oxygens (including phenoxy) is 1. The Morgan fingerprint density at radius 1 is 0.372 bits per heavy atom. The predicted octanol–water partition coefficient (Wildman–Crippen LogP) is 22.4. The van der Waals surface area contributed by atoms with Gasteiger partial charge >= 0.3 is 0 Å². The molecular formula is C88H76BN3O2. The van der Waals surface area contributed by atoms with Crippen molar-refractivity contribution in [3.05, 3.63) is 265 Å². The number of hydrogen-bond acceptors (Lipinski definition) is 3. The van der Waals surface area contributed by atoms with E-state index in [1.165, 1.54) is 33.0 Å². The van der Waals surface area contributed by atoms with Crippen molar-refractivity contribution in [3.8, 4) is 56.3 Å². The molecule has 2 aliphatic rings. The first-order valence-corrected chi connectivity index (χ1v) is 33.1. The van der Waals surface area contributed by atoms with Crippen LogP contribution in [0.15, 0.2) is 247 Å². The van der Waals surface area contributed by atoms with E-state index in [1.54, 1.807) is 0 Å². The zero-order valence-electron chi connectivity index (χ0n) is 59.5. The van der Waals surface area contributed by atoms with Crippen LogP contribution >= 0.6 is 0 Å². The minimum Gasteiger partial charge on any atom is -0.454 e. The number of furan rings is 1. The Morgan fingerprint density at radius 2 is 0.840 bits per heavy atom. The summed E-state index contributed by atoms with van der Waals surface area (Å²) in [4.78, 5) is 2.56. The molecule has 15 aromatic rings. The van der Waals surface area contributed by atoms with Crippen LogP contribution in [0.5, 0.6) is 11.5 Å². The minimum atomic E-state index is -0.490. The molecule has 94 heavy (non-hydrogen) atoms. The van der Waals surface area contributed by atoms with Crippen molar-refractivity contribution < 1.29 is 14.6 Å². The molecule has 5 heterocycles. The zero-order valence-corrected chi connectivity index (χ0v) is 55.5.